The van der Waals surface area contributed by atoms with Crippen LogP contribution >= 0.6 is 15.9 Å². The monoisotopic (exact) mass is 351 g/mol. The van der Waals surface area contributed by atoms with E-state index in [2.05, 4.69) is 15.9 Å². The minimum Gasteiger partial charge on any atom is -0.480 e. The zero-order valence-corrected chi connectivity index (χ0v) is 12.8. The number of halogens is 1. The molecule has 1 aliphatic rings. The Kier molecular flexibility index (Phi) is 3.71. The summed E-state index contributed by atoms with van der Waals surface area (Å²) in [5.41, 5.74) is 0.600. The lowest BCUT2D eigenvalue weighted by atomic mass is 10.2. The van der Waals surface area contributed by atoms with Crippen LogP contribution in [0.5, 0.6) is 0 Å². The second-order valence-corrected chi connectivity index (χ2v) is 6.15. The molecule has 21 heavy (non-hydrogen) atoms. The number of carbonyl (C=O) groups is 2. The number of fused-ring (bicyclic) bond motifs is 1. The maximum atomic E-state index is 12.5. The molecule has 0 saturated heterocycles. The SMILES string of the molecule is O=C(O)CN(CC1CC1)C(=O)c1cc2cccc(Br)c2o1. The van der Waals surface area contributed by atoms with Gasteiger partial charge in [-0.3, -0.25) is 9.59 Å². The first kappa shape index (κ1) is 14.1. The van der Waals surface area contributed by atoms with Gasteiger partial charge in [-0.15, -0.1) is 0 Å². The maximum Gasteiger partial charge on any atom is 0.323 e. The molecule has 0 unspecified atom stereocenters. The molecule has 6 heteroatoms. The smallest absolute Gasteiger partial charge is 0.323 e. The lowest BCUT2D eigenvalue weighted by Crippen LogP contribution is -2.37. The van der Waals surface area contributed by atoms with E-state index in [9.17, 15) is 9.59 Å². The fourth-order valence-electron chi connectivity index (χ4n) is 2.28. The van der Waals surface area contributed by atoms with Gasteiger partial charge in [0.1, 0.15) is 12.1 Å². The van der Waals surface area contributed by atoms with E-state index in [4.69, 9.17) is 9.52 Å². The number of hydrogen-bond donors (Lipinski definition) is 1. The summed E-state index contributed by atoms with van der Waals surface area (Å²) in [6.45, 7) is 0.177. The number of carboxylic acid groups (broad SMARTS) is 1. The standard InChI is InChI=1S/C15H14BrNO4/c16-11-3-1-2-10-6-12(21-14(10)11)15(20)17(8-13(18)19)7-9-4-5-9/h1-3,6,9H,4-5,7-8H2,(H,18,19). The van der Waals surface area contributed by atoms with Gasteiger partial charge in [-0.2, -0.15) is 0 Å². The number of nitrogens with zero attached hydrogens (tertiary/aromatic N) is 1. The van der Waals surface area contributed by atoms with Crippen LogP contribution < -0.4 is 0 Å². The van der Waals surface area contributed by atoms with Crippen molar-refractivity contribution in [2.24, 2.45) is 5.92 Å². The lowest BCUT2D eigenvalue weighted by molar-refractivity contribution is -0.137. The van der Waals surface area contributed by atoms with E-state index >= 15 is 0 Å². The number of aliphatic carboxylic acids is 1. The van der Waals surface area contributed by atoms with Gasteiger partial charge in [-0.1, -0.05) is 12.1 Å². The molecule has 0 atom stereocenters. The van der Waals surface area contributed by atoms with Crippen molar-refractivity contribution >= 4 is 38.8 Å². The van der Waals surface area contributed by atoms with E-state index in [1.165, 1.54) is 4.90 Å². The molecule has 1 aromatic carbocycles. The quantitative estimate of drug-likeness (QED) is 0.898. The van der Waals surface area contributed by atoms with Crippen LogP contribution in [0.3, 0.4) is 0 Å². The van der Waals surface area contributed by atoms with Gasteiger partial charge in [0, 0.05) is 11.9 Å². The third-order valence-electron chi connectivity index (χ3n) is 3.50. The molecule has 3 rings (SSSR count). The molecule has 0 bridgehead atoms. The van der Waals surface area contributed by atoms with Gasteiger partial charge >= 0.3 is 5.97 Å². The molecular formula is C15H14BrNO4. The number of para-hydroxylation sites is 1. The van der Waals surface area contributed by atoms with Crippen LogP contribution in [0, 0.1) is 5.92 Å². The Bertz CT molecular complexity index is 705. The molecule has 1 N–H and O–H groups in total. The number of hydrogen-bond acceptors (Lipinski definition) is 3. The van der Waals surface area contributed by atoms with Crippen LogP contribution in [0.2, 0.25) is 0 Å². The summed E-state index contributed by atoms with van der Waals surface area (Å²) in [6, 6.07) is 7.20. The molecule has 0 aliphatic heterocycles. The van der Waals surface area contributed by atoms with E-state index in [-0.39, 0.29) is 18.2 Å². The number of rotatable bonds is 5. The van der Waals surface area contributed by atoms with E-state index in [0.717, 1.165) is 22.7 Å². The van der Waals surface area contributed by atoms with Gasteiger partial charge < -0.3 is 14.4 Å². The molecule has 1 amide bonds. The molecule has 110 valence electrons. The maximum absolute atomic E-state index is 12.5. The van der Waals surface area contributed by atoms with Crippen molar-refractivity contribution < 1.29 is 19.1 Å². The number of furan rings is 1. The largest absolute Gasteiger partial charge is 0.480 e. The first-order chi connectivity index (χ1) is 10.0. The van der Waals surface area contributed by atoms with Crippen LogP contribution in [0.1, 0.15) is 23.4 Å². The molecule has 0 radical (unpaired) electrons. The van der Waals surface area contributed by atoms with Crippen molar-refractivity contribution in [2.75, 3.05) is 13.1 Å². The molecule has 1 fully saturated rings. The normalized spacial score (nSPS) is 14.3. The highest BCUT2D eigenvalue weighted by Gasteiger charge is 2.29. The Morgan fingerprint density at radius 1 is 1.38 bits per heavy atom. The Balaban J connectivity index is 1.88. The molecule has 1 aromatic heterocycles. The molecule has 2 aromatic rings. The van der Waals surface area contributed by atoms with E-state index in [1.54, 1.807) is 6.07 Å². The van der Waals surface area contributed by atoms with Crippen LogP contribution in [0.25, 0.3) is 11.0 Å². The summed E-state index contributed by atoms with van der Waals surface area (Å²) >= 11 is 3.37. The zero-order chi connectivity index (χ0) is 15.0. The van der Waals surface area contributed by atoms with Crippen LogP contribution in [0.4, 0.5) is 0 Å². The van der Waals surface area contributed by atoms with Gasteiger partial charge in [0.2, 0.25) is 0 Å². The summed E-state index contributed by atoms with van der Waals surface area (Å²) in [6.07, 6.45) is 2.10. The van der Waals surface area contributed by atoms with Crippen molar-refractivity contribution in [3.05, 3.63) is 34.5 Å². The predicted octanol–water partition coefficient (Wildman–Crippen LogP) is 3.13. The summed E-state index contributed by atoms with van der Waals surface area (Å²) in [4.78, 5) is 24.8. The number of carbonyl (C=O) groups excluding carboxylic acids is 1. The van der Waals surface area contributed by atoms with Crippen molar-refractivity contribution in [1.82, 2.24) is 4.90 Å². The first-order valence-electron chi connectivity index (χ1n) is 6.73. The predicted molar refractivity (Wildman–Crippen MR) is 80.2 cm³/mol. The summed E-state index contributed by atoms with van der Waals surface area (Å²) in [7, 11) is 0. The highest BCUT2D eigenvalue weighted by atomic mass is 79.9. The van der Waals surface area contributed by atoms with Crippen molar-refractivity contribution in [3.8, 4) is 0 Å². The van der Waals surface area contributed by atoms with Gasteiger partial charge in [0.05, 0.1) is 4.47 Å². The molecule has 1 saturated carbocycles. The molecule has 1 aliphatic carbocycles. The molecular weight excluding hydrogens is 338 g/mol. The molecule has 5 nitrogen and oxygen atoms in total. The zero-order valence-electron chi connectivity index (χ0n) is 11.2. The highest BCUT2D eigenvalue weighted by Crippen LogP contribution is 2.31. The van der Waals surface area contributed by atoms with Gasteiger partial charge in [0.15, 0.2) is 5.76 Å². The minimum absolute atomic E-state index is 0.179. The summed E-state index contributed by atoms with van der Waals surface area (Å²) in [5, 5.41) is 9.78. The number of benzene rings is 1. The Labute approximate surface area is 129 Å². The van der Waals surface area contributed by atoms with Crippen LogP contribution in [-0.2, 0) is 4.79 Å². The summed E-state index contributed by atoms with van der Waals surface area (Å²) < 4.78 is 6.36. The topological polar surface area (TPSA) is 70.8 Å². The third-order valence-corrected chi connectivity index (χ3v) is 4.12. The van der Waals surface area contributed by atoms with Crippen LogP contribution in [0.15, 0.2) is 33.2 Å². The van der Waals surface area contributed by atoms with Crippen molar-refractivity contribution in [3.63, 3.8) is 0 Å². The van der Waals surface area contributed by atoms with Crippen LogP contribution in [-0.4, -0.2) is 35.0 Å². The fourth-order valence-corrected chi connectivity index (χ4v) is 2.75. The Hall–Kier alpha value is -1.82. The third kappa shape index (κ3) is 3.10. The average Bonchev–Trinajstić information content (AvgIpc) is 3.13. The van der Waals surface area contributed by atoms with Crippen molar-refractivity contribution in [1.29, 1.82) is 0 Å². The highest BCUT2D eigenvalue weighted by molar-refractivity contribution is 9.10. The molecule has 0 spiro atoms. The van der Waals surface area contributed by atoms with Gasteiger partial charge in [-0.05, 0) is 46.8 Å². The number of amides is 1. The number of carboxylic acids is 1. The van der Waals surface area contributed by atoms with Crippen molar-refractivity contribution in [2.45, 2.75) is 12.8 Å². The minimum atomic E-state index is -1.01. The Morgan fingerprint density at radius 3 is 2.76 bits per heavy atom. The average molecular weight is 352 g/mol. The second kappa shape index (κ2) is 5.52. The Morgan fingerprint density at radius 2 is 2.14 bits per heavy atom. The van der Waals surface area contributed by atoms with E-state index in [0.29, 0.717) is 18.0 Å². The lowest BCUT2D eigenvalue weighted by Gasteiger charge is -2.18. The van der Waals surface area contributed by atoms with Gasteiger partial charge in [0.25, 0.3) is 5.91 Å². The second-order valence-electron chi connectivity index (χ2n) is 5.29. The molecule has 1 heterocycles. The van der Waals surface area contributed by atoms with E-state index in [1.807, 2.05) is 18.2 Å². The first-order valence-corrected chi connectivity index (χ1v) is 7.53. The van der Waals surface area contributed by atoms with E-state index < -0.39 is 5.97 Å². The van der Waals surface area contributed by atoms with Gasteiger partial charge in [-0.25, -0.2) is 0 Å². The fraction of sp³-hybridized carbons (Fsp3) is 0.333. The summed E-state index contributed by atoms with van der Waals surface area (Å²) in [5.74, 6) is -0.781.